The fraction of sp³-hybridized carbons (Fsp3) is 0.500. The maximum Gasteiger partial charge on any atom is 0.325 e. The molecule has 1 amide bonds. The molecule has 7 heteroatoms. The van der Waals surface area contributed by atoms with Crippen molar-refractivity contribution in [2.75, 3.05) is 26.8 Å². The lowest BCUT2D eigenvalue weighted by atomic mass is 9.89. The molecule has 0 spiro atoms. The Morgan fingerprint density at radius 2 is 1.93 bits per heavy atom. The quantitative estimate of drug-likeness (QED) is 0.417. The Kier molecular flexibility index (Phi) is 6.90. The van der Waals surface area contributed by atoms with Crippen LogP contribution in [0.5, 0.6) is 5.75 Å². The van der Waals surface area contributed by atoms with Gasteiger partial charge in [-0.05, 0) is 37.8 Å². The van der Waals surface area contributed by atoms with E-state index < -0.39 is 17.7 Å². The van der Waals surface area contributed by atoms with Gasteiger partial charge in [-0.15, -0.1) is 0 Å². The number of hydrogen-bond donors (Lipinski definition) is 1. The Morgan fingerprint density at radius 1 is 1.17 bits per heavy atom. The van der Waals surface area contributed by atoms with E-state index in [2.05, 4.69) is 4.98 Å². The lowest BCUT2D eigenvalue weighted by Crippen LogP contribution is -2.43. The first-order chi connectivity index (χ1) is 14.0. The summed E-state index contributed by atoms with van der Waals surface area (Å²) in [4.78, 5) is 42.5. The molecule has 1 aromatic heterocycles. The Morgan fingerprint density at radius 3 is 2.62 bits per heavy atom. The third kappa shape index (κ3) is 4.96. The van der Waals surface area contributed by atoms with E-state index in [1.165, 1.54) is 17.5 Å². The second-order valence-corrected chi connectivity index (χ2v) is 7.44. The summed E-state index contributed by atoms with van der Waals surface area (Å²) in [5.74, 6) is -0.817. The molecule has 156 valence electrons. The van der Waals surface area contributed by atoms with E-state index in [-0.39, 0.29) is 13.2 Å². The van der Waals surface area contributed by atoms with Crippen LogP contribution in [0, 0.1) is 5.92 Å². The Balaban J connectivity index is 1.81. The number of aromatic nitrogens is 1. The average molecular weight is 400 g/mol. The predicted molar refractivity (Wildman–Crippen MR) is 109 cm³/mol. The number of methoxy groups -OCH3 is 1. The number of nitrogens with one attached hydrogen (secondary N) is 1. The van der Waals surface area contributed by atoms with Crippen LogP contribution in [0.2, 0.25) is 0 Å². The van der Waals surface area contributed by atoms with Crippen LogP contribution in [0.4, 0.5) is 0 Å². The van der Waals surface area contributed by atoms with Crippen molar-refractivity contribution in [3.05, 3.63) is 30.0 Å². The molecule has 0 bridgehead atoms. The number of carbonyl (C=O) groups excluding carboxylic acids is 3. The van der Waals surface area contributed by atoms with Crippen molar-refractivity contribution in [2.45, 2.75) is 39.0 Å². The van der Waals surface area contributed by atoms with E-state index >= 15 is 0 Å². The number of amides is 1. The molecule has 1 heterocycles. The van der Waals surface area contributed by atoms with E-state index in [4.69, 9.17) is 9.47 Å². The van der Waals surface area contributed by atoms with Crippen LogP contribution in [0.1, 0.15) is 49.4 Å². The number of H-pyrrole nitrogens is 1. The largest absolute Gasteiger partial charge is 0.497 e. The minimum atomic E-state index is -0.666. The zero-order valence-electron chi connectivity index (χ0n) is 17.0. The van der Waals surface area contributed by atoms with Crippen LogP contribution in [0.25, 0.3) is 10.9 Å². The first kappa shape index (κ1) is 20.9. The smallest absolute Gasteiger partial charge is 0.325 e. The Labute approximate surface area is 170 Å². The number of nitrogens with zero attached hydrogens (tertiary/aromatic N) is 1. The van der Waals surface area contributed by atoms with Gasteiger partial charge in [0.05, 0.1) is 19.3 Å². The number of ketones is 1. The number of esters is 1. The summed E-state index contributed by atoms with van der Waals surface area (Å²) >= 11 is 0. The van der Waals surface area contributed by atoms with Gasteiger partial charge in [-0.3, -0.25) is 14.4 Å². The SMILES string of the molecule is CCOC(=O)CN(CC1CCCCC1)C(=O)C(=O)c1c[nH]c2cc(OC)ccc12. The van der Waals surface area contributed by atoms with Gasteiger partial charge in [-0.1, -0.05) is 19.3 Å². The van der Waals surface area contributed by atoms with Crippen molar-refractivity contribution in [1.29, 1.82) is 0 Å². The normalized spacial score (nSPS) is 14.6. The minimum absolute atomic E-state index is 0.203. The molecule has 1 N–H and O–H groups in total. The Bertz CT molecular complexity index is 882. The highest BCUT2D eigenvalue weighted by Gasteiger charge is 2.29. The van der Waals surface area contributed by atoms with E-state index in [9.17, 15) is 14.4 Å². The molecular weight excluding hydrogens is 372 g/mol. The number of benzene rings is 1. The van der Waals surface area contributed by atoms with Gasteiger partial charge in [0.2, 0.25) is 0 Å². The third-order valence-electron chi connectivity index (χ3n) is 5.44. The first-order valence-corrected chi connectivity index (χ1v) is 10.2. The zero-order chi connectivity index (χ0) is 20.8. The molecule has 7 nitrogen and oxygen atoms in total. The van der Waals surface area contributed by atoms with Crippen LogP contribution < -0.4 is 4.74 Å². The Hall–Kier alpha value is -2.83. The molecule has 1 fully saturated rings. The minimum Gasteiger partial charge on any atom is -0.497 e. The van der Waals surface area contributed by atoms with E-state index in [0.29, 0.717) is 34.7 Å². The molecule has 0 radical (unpaired) electrons. The lowest BCUT2D eigenvalue weighted by molar-refractivity contribution is -0.148. The third-order valence-corrected chi connectivity index (χ3v) is 5.44. The fourth-order valence-corrected chi connectivity index (χ4v) is 3.94. The van der Waals surface area contributed by atoms with Gasteiger partial charge in [0, 0.05) is 29.7 Å². The number of ether oxygens (including phenoxy) is 2. The van der Waals surface area contributed by atoms with Gasteiger partial charge < -0.3 is 19.4 Å². The molecule has 1 aliphatic rings. The molecule has 0 unspecified atom stereocenters. The number of carbonyl (C=O) groups is 3. The summed E-state index contributed by atoms with van der Waals surface area (Å²) in [5, 5.41) is 0.651. The van der Waals surface area contributed by atoms with E-state index in [1.54, 1.807) is 32.2 Å². The highest BCUT2D eigenvalue weighted by Crippen LogP contribution is 2.26. The molecule has 29 heavy (non-hydrogen) atoms. The number of rotatable bonds is 8. The molecule has 0 saturated heterocycles. The molecule has 2 aromatic rings. The fourth-order valence-electron chi connectivity index (χ4n) is 3.94. The van der Waals surface area contributed by atoms with Crippen LogP contribution in [0.3, 0.4) is 0 Å². The average Bonchev–Trinajstić information content (AvgIpc) is 3.16. The van der Waals surface area contributed by atoms with Crippen molar-refractivity contribution in [1.82, 2.24) is 9.88 Å². The highest BCUT2D eigenvalue weighted by atomic mass is 16.5. The number of aromatic amines is 1. The summed E-state index contributed by atoms with van der Waals surface area (Å²) in [6.07, 6.45) is 6.98. The van der Waals surface area contributed by atoms with E-state index in [0.717, 1.165) is 25.7 Å². The van der Waals surface area contributed by atoms with Gasteiger partial charge in [0.25, 0.3) is 11.7 Å². The van der Waals surface area contributed by atoms with Crippen molar-refractivity contribution in [3.8, 4) is 5.75 Å². The predicted octanol–water partition coefficient (Wildman–Crippen LogP) is 3.33. The number of hydrogen-bond acceptors (Lipinski definition) is 5. The first-order valence-electron chi connectivity index (χ1n) is 10.2. The summed E-state index contributed by atoms with van der Waals surface area (Å²) in [6.45, 7) is 2.16. The van der Waals surface area contributed by atoms with Crippen molar-refractivity contribution >= 4 is 28.6 Å². The standard InChI is InChI=1S/C22H28N2O5/c1-3-29-20(25)14-24(13-15-7-5-4-6-8-15)22(27)21(26)18-12-23-19-11-16(28-2)9-10-17(18)19/h9-12,15,23H,3-8,13-14H2,1-2H3. The van der Waals surface area contributed by atoms with Crippen molar-refractivity contribution in [3.63, 3.8) is 0 Å². The molecule has 0 aliphatic heterocycles. The molecule has 1 saturated carbocycles. The molecule has 3 rings (SSSR count). The van der Waals surface area contributed by atoms with Crippen molar-refractivity contribution < 1.29 is 23.9 Å². The number of fused-ring (bicyclic) bond motifs is 1. The van der Waals surface area contributed by atoms with Crippen LogP contribution in [0.15, 0.2) is 24.4 Å². The second kappa shape index (κ2) is 9.58. The van der Waals surface area contributed by atoms with E-state index in [1.807, 2.05) is 0 Å². The maximum atomic E-state index is 13.1. The number of Topliss-reactive ketones (excluding diaryl/α,β-unsaturated/α-hetero) is 1. The van der Waals surface area contributed by atoms with Gasteiger partial charge in [0.15, 0.2) is 0 Å². The van der Waals surface area contributed by atoms with Crippen LogP contribution in [-0.4, -0.2) is 54.3 Å². The van der Waals surface area contributed by atoms with Gasteiger partial charge in [-0.25, -0.2) is 0 Å². The molecule has 0 atom stereocenters. The summed E-state index contributed by atoms with van der Waals surface area (Å²) < 4.78 is 10.2. The zero-order valence-corrected chi connectivity index (χ0v) is 17.0. The lowest BCUT2D eigenvalue weighted by Gasteiger charge is -2.28. The highest BCUT2D eigenvalue weighted by molar-refractivity contribution is 6.45. The monoisotopic (exact) mass is 400 g/mol. The van der Waals surface area contributed by atoms with Crippen molar-refractivity contribution in [2.24, 2.45) is 5.92 Å². The summed E-state index contributed by atoms with van der Waals surface area (Å²) in [6, 6.07) is 5.27. The summed E-state index contributed by atoms with van der Waals surface area (Å²) in [7, 11) is 1.57. The maximum absolute atomic E-state index is 13.1. The molecule has 1 aliphatic carbocycles. The van der Waals surface area contributed by atoms with Crippen LogP contribution in [-0.2, 0) is 14.3 Å². The van der Waals surface area contributed by atoms with Crippen LogP contribution >= 0.6 is 0 Å². The summed E-state index contributed by atoms with van der Waals surface area (Å²) in [5.41, 5.74) is 1.01. The molecule has 1 aromatic carbocycles. The topological polar surface area (TPSA) is 88.7 Å². The van der Waals surface area contributed by atoms with Gasteiger partial charge in [-0.2, -0.15) is 0 Å². The second-order valence-electron chi connectivity index (χ2n) is 7.44. The van der Waals surface area contributed by atoms with Gasteiger partial charge in [0.1, 0.15) is 12.3 Å². The van der Waals surface area contributed by atoms with Gasteiger partial charge >= 0.3 is 5.97 Å². The molecular formula is C22H28N2O5.